The Bertz CT molecular complexity index is 336. The first kappa shape index (κ1) is 15.0. The van der Waals surface area contributed by atoms with E-state index in [1.807, 2.05) is 6.92 Å². The van der Waals surface area contributed by atoms with E-state index in [0.717, 1.165) is 37.7 Å². The van der Waals surface area contributed by atoms with Crippen molar-refractivity contribution in [2.24, 2.45) is 0 Å². The van der Waals surface area contributed by atoms with Gasteiger partial charge >= 0.3 is 0 Å². The molecule has 5 nitrogen and oxygen atoms in total. The van der Waals surface area contributed by atoms with Gasteiger partial charge < -0.3 is 19.5 Å². The molecule has 1 N–H and O–H groups in total. The molecule has 0 aliphatic heterocycles. The van der Waals surface area contributed by atoms with Gasteiger partial charge in [0.05, 0.1) is 12.3 Å². The number of hydrogen-bond donors (Lipinski definition) is 1. The fourth-order valence-electron chi connectivity index (χ4n) is 1.80. The van der Waals surface area contributed by atoms with Crippen LogP contribution in [0, 0.1) is 6.92 Å². The Labute approximate surface area is 110 Å². The number of aryl methyl sites for hydroxylation is 1. The topological polar surface area (TPSA) is 42.3 Å². The maximum Gasteiger partial charge on any atom is 0.203 e. The van der Waals surface area contributed by atoms with E-state index in [4.69, 9.17) is 4.74 Å². The molecule has 0 aliphatic carbocycles. The molecule has 0 saturated heterocycles. The van der Waals surface area contributed by atoms with Crippen LogP contribution in [-0.4, -0.2) is 55.4 Å². The van der Waals surface area contributed by atoms with E-state index >= 15 is 0 Å². The molecule has 104 valence electrons. The Hall–Kier alpha value is -1.07. The third-order valence-electron chi connectivity index (χ3n) is 2.75. The smallest absolute Gasteiger partial charge is 0.203 e. The van der Waals surface area contributed by atoms with Gasteiger partial charge in [0.2, 0.25) is 5.95 Å². The average molecular weight is 254 g/mol. The number of nitrogens with zero attached hydrogens (tertiary/aromatic N) is 3. The highest BCUT2D eigenvalue weighted by molar-refractivity contribution is 5.28. The third-order valence-corrected chi connectivity index (χ3v) is 2.75. The number of anilines is 1. The fourth-order valence-corrected chi connectivity index (χ4v) is 1.80. The summed E-state index contributed by atoms with van der Waals surface area (Å²) in [6, 6.07) is 0. The number of nitrogens with one attached hydrogen (secondary N) is 1. The maximum atomic E-state index is 5.10. The molecule has 0 aliphatic rings. The lowest BCUT2D eigenvalue weighted by Gasteiger charge is -2.11. The second-order valence-corrected chi connectivity index (χ2v) is 4.83. The molecule has 0 bridgehead atoms. The van der Waals surface area contributed by atoms with Gasteiger partial charge in [0.15, 0.2) is 0 Å². The van der Waals surface area contributed by atoms with Crippen molar-refractivity contribution in [2.75, 3.05) is 46.2 Å². The molecular weight excluding hydrogens is 228 g/mol. The molecule has 0 unspecified atom stereocenters. The number of ether oxygens (including phenoxy) is 1. The van der Waals surface area contributed by atoms with Crippen LogP contribution in [0.15, 0.2) is 6.20 Å². The van der Waals surface area contributed by atoms with Crippen LogP contribution in [0.25, 0.3) is 0 Å². The third kappa shape index (κ3) is 5.51. The van der Waals surface area contributed by atoms with Gasteiger partial charge in [-0.1, -0.05) is 0 Å². The minimum atomic E-state index is 0.713. The summed E-state index contributed by atoms with van der Waals surface area (Å²) < 4.78 is 7.21. The molecule has 5 heteroatoms. The van der Waals surface area contributed by atoms with Gasteiger partial charge in [0.25, 0.3) is 0 Å². The van der Waals surface area contributed by atoms with Crippen molar-refractivity contribution in [1.82, 2.24) is 14.5 Å². The first-order valence-electron chi connectivity index (χ1n) is 6.55. The summed E-state index contributed by atoms with van der Waals surface area (Å²) in [5.41, 5.74) is 1.04. The van der Waals surface area contributed by atoms with Gasteiger partial charge in [0.1, 0.15) is 0 Å². The largest absolute Gasteiger partial charge is 0.383 e. The number of unbranched alkanes of at least 4 members (excludes halogenated alkanes) is 1. The molecule has 1 rings (SSSR count). The van der Waals surface area contributed by atoms with Crippen molar-refractivity contribution in [2.45, 2.75) is 26.3 Å². The first-order chi connectivity index (χ1) is 8.63. The van der Waals surface area contributed by atoms with Gasteiger partial charge in [-0.15, -0.1) is 0 Å². The van der Waals surface area contributed by atoms with Crippen LogP contribution in [0.2, 0.25) is 0 Å². The van der Waals surface area contributed by atoms with E-state index in [9.17, 15) is 0 Å². The number of rotatable bonds is 9. The van der Waals surface area contributed by atoms with Crippen molar-refractivity contribution in [1.29, 1.82) is 0 Å². The van der Waals surface area contributed by atoms with Crippen molar-refractivity contribution in [3.05, 3.63) is 11.9 Å². The summed E-state index contributed by atoms with van der Waals surface area (Å²) in [7, 11) is 5.93. The van der Waals surface area contributed by atoms with Crippen LogP contribution >= 0.6 is 0 Å². The SMILES string of the molecule is COCCn1cc(C)nc1NCCCCN(C)C. The molecule has 0 aromatic carbocycles. The van der Waals surface area contributed by atoms with Crippen molar-refractivity contribution >= 4 is 5.95 Å². The number of aromatic nitrogens is 2. The average Bonchev–Trinajstić information content (AvgIpc) is 2.66. The Morgan fingerprint density at radius 2 is 2.17 bits per heavy atom. The molecule has 0 fully saturated rings. The summed E-state index contributed by atoms with van der Waals surface area (Å²) in [5.74, 6) is 0.953. The molecular formula is C13H26N4O. The highest BCUT2D eigenvalue weighted by atomic mass is 16.5. The lowest BCUT2D eigenvalue weighted by molar-refractivity contribution is 0.187. The molecule has 1 aromatic rings. The molecule has 1 heterocycles. The van der Waals surface area contributed by atoms with Gasteiger partial charge in [-0.2, -0.15) is 0 Å². The molecule has 1 aromatic heterocycles. The summed E-state index contributed by atoms with van der Waals surface area (Å²) >= 11 is 0. The minimum absolute atomic E-state index is 0.713. The Morgan fingerprint density at radius 1 is 1.39 bits per heavy atom. The Balaban J connectivity index is 2.32. The summed E-state index contributed by atoms with van der Waals surface area (Å²) in [6.07, 6.45) is 4.42. The number of imidazole rings is 1. The molecule has 0 amide bonds. The Morgan fingerprint density at radius 3 is 2.83 bits per heavy atom. The lowest BCUT2D eigenvalue weighted by atomic mass is 10.3. The van der Waals surface area contributed by atoms with Gasteiger partial charge in [-0.05, 0) is 40.4 Å². The van der Waals surface area contributed by atoms with E-state index in [1.165, 1.54) is 6.42 Å². The van der Waals surface area contributed by atoms with E-state index in [1.54, 1.807) is 7.11 Å². The predicted octanol–water partition coefficient (Wildman–Crippen LogP) is 1.59. The molecule has 0 saturated carbocycles. The van der Waals surface area contributed by atoms with Gasteiger partial charge in [0, 0.05) is 26.4 Å². The van der Waals surface area contributed by atoms with Crippen molar-refractivity contribution < 1.29 is 4.74 Å². The lowest BCUT2D eigenvalue weighted by Crippen LogP contribution is -2.15. The predicted molar refractivity (Wildman–Crippen MR) is 75.1 cm³/mol. The zero-order valence-electron chi connectivity index (χ0n) is 12.1. The van der Waals surface area contributed by atoms with E-state index in [0.29, 0.717) is 6.61 Å². The maximum absolute atomic E-state index is 5.10. The highest BCUT2D eigenvalue weighted by Crippen LogP contribution is 2.08. The second-order valence-electron chi connectivity index (χ2n) is 4.83. The molecule has 0 radical (unpaired) electrons. The highest BCUT2D eigenvalue weighted by Gasteiger charge is 2.04. The van der Waals surface area contributed by atoms with Crippen LogP contribution < -0.4 is 5.32 Å². The molecule has 0 atom stereocenters. The summed E-state index contributed by atoms with van der Waals surface area (Å²) in [4.78, 5) is 6.69. The quantitative estimate of drug-likeness (QED) is 0.680. The molecule has 0 spiro atoms. The van der Waals surface area contributed by atoms with E-state index < -0.39 is 0 Å². The van der Waals surface area contributed by atoms with E-state index in [-0.39, 0.29) is 0 Å². The van der Waals surface area contributed by atoms with Crippen LogP contribution in [0.5, 0.6) is 0 Å². The van der Waals surface area contributed by atoms with Crippen molar-refractivity contribution in [3.63, 3.8) is 0 Å². The van der Waals surface area contributed by atoms with Crippen LogP contribution in [-0.2, 0) is 11.3 Å². The standard InChI is InChI=1S/C13H26N4O/c1-12-11-17(9-10-18-4)13(15-12)14-7-5-6-8-16(2)3/h11H,5-10H2,1-4H3,(H,14,15). The van der Waals surface area contributed by atoms with Gasteiger partial charge in [-0.3, -0.25) is 0 Å². The van der Waals surface area contributed by atoms with E-state index in [2.05, 4.69) is 40.1 Å². The first-order valence-corrected chi connectivity index (χ1v) is 6.55. The van der Waals surface area contributed by atoms with Crippen LogP contribution in [0.3, 0.4) is 0 Å². The number of methoxy groups -OCH3 is 1. The summed E-state index contributed by atoms with van der Waals surface area (Å²) in [6.45, 7) is 5.68. The Kier molecular flexibility index (Phi) is 6.75. The van der Waals surface area contributed by atoms with Crippen LogP contribution in [0.1, 0.15) is 18.5 Å². The molecule has 18 heavy (non-hydrogen) atoms. The number of hydrogen-bond acceptors (Lipinski definition) is 4. The van der Waals surface area contributed by atoms with Gasteiger partial charge in [-0.25, -0.2) is 4.98 Å². The second kappa shape index (κ2) is 8.11. The zero-order chi connectivity index (χ0) is 13.4. The monoisotopic (exact) mass is 254 g/mol. The van der Waals surface area contributed by atoms with Crippen molar-refractivity contribution in [3.8, 4) is 0 Å². The fraction of sp³-hybridized carbons (Fsp3) is 0.769. The normalized spacial score (nSPS) is 11.2. The van der Waals surface area contributed by atoms with Crippen LogP contribution in [0.4, 0.5) is 5.95 Å². The zero-order valence-corrected chi connectivity index (χ0v) is 12.1. The minimum Gasteiger partial charge on any atom is -0.383 e. The summed E-state index contributed by atoms with van der Waals surface area (Å²) in [5, 5.41) is 3.39.